The van der Waals surface area contributed by atoms with Gasteiger partial charge in [0.25, 0.3) is 0 Å². The van der Waals surface area contributed by atoms with Gasteiger partial charge in [0.2, 0.25) is 0 Å². The van der Waals surface area contributed by atoms with Crippen LogP contribution in [0.4, 0.5) is 0 Å². The van der Waals surface area contributed by atoms with Gasteiger partial charge in [-0.3, -0.25) is 4.79 Å². The van der Waals surface area contributed by atoms with Crippen LogP contribution < -0.4 is 0 Å². The van der Waals surface area contributed by atoms with Crippen LogP contribution in [0, 0.1) is 13.8 Å². The zero-order valence-electron chi connectivity index (χ0n) is 15.8. The highest BCUT2D eigenvalue weighted by molar-refractivity contribution is 9.10. The standard InChI is InChI=1S/C22H21BrN2O2/c1-13-7-14(2)9-15(8-13)18-12-22(3,4)25(24-18)21(26)20-11-16-10-17(23)5-6-19(16)27-20/h5-11H,12H2,1-4H3. The van der Waals surface area contributed by atoms with Crippen molar-refractivity contribution in [2.24, 2.45) is 5.10 Å². The number of benzene rings is 2. The molecule has 138 valence electrons. The molecule has 5 heteroatoms. The van der Waals surface area contributed by atoms with Crippen molar-refractivity contribution in [3.8, 4) is 0 Å². The summed E-state index contributed by atoms with van der Waals surface area (Å²) in [6.07, 6.45) is 0.702. The van der Waals surface area contributed by atoms with Gasteiger partial charge in [0.05, 0.1) is 11.3 Å². The normalized spacial score (nSPS) is 16.0. The van der Waals surface area contributed by atoms with Crippen molar-refractivity contribution in [3.05, 3.63) is 69.4 Å². The van der Waals surface area contributed by atoms with E-state index in [1.54, 1.807) is 11.1 Å². The van der Waals surface area contributed by atoms with Gasteiger partial charge < -0.3 is 4.42 Å². The number of furan rings is 1. The molecule has 0 unspecified atom stereocenters. The lowest BCUT2D eigenvalue weighted by Crippen LogP contribution is -2.40. The van der Waals surface area contributed by atoms with E-state index in [1.807, 2.05) is 32.0 Å². The first-order valence-electron chi connectivity index (χ1n) is 8.93. The first-order chi connectivity index (χ1) is 12.7. The number of hydrogen-bond donors (Lipinski definition) is 0. The summed E-state index contributed by atoms with van der Waals surface area (Å²) in [5.41, 5.74) is 4.67. The minimum Gasteiger partial charge on any atom is -0.451 e. The molecule has 2 heterocycles. The smallest absolute Gasteiger partial charge is 0.310 e. The van der Waals surface area contributed by atoms with E-state index < -0.39 is 5.54 Å². The number of halogens is 1. The average molecular weight is 425 g/mol. The number of hydrazone groups is 1. The SMILES string of the molecule is Cc1cc(C)cc(C2=NN(C(=O)c3cc4cc(Br)ccc4o3)C(C)(C)C2)c1. The van der Waals surface area contributed by atoms with Crippen LogP contribution in [0.5, 0.6) is 0 Å². The lowest BCUT2D eigenvalue weighted by Gasteiger charge is -2.27. The van der Waals surface area contributed by atoms with Crippen LogP contribution in [-0.4, -0.2) is 22.2 Å². The predicted octanol–water partition coefficient (Wildman–Crippen LogP) is 5.84. The summed E-state index contributed by atoms with van der Waals surface area (Å²) in [7, 11) is 0. The van der Waals surface area contributed by atoms with Gasteiger partial charge in [-0.05, 0) is 57.5 Å². The molecule has 0 spiro atoms. The van der Waals surface area contributed by atoms with Crippen molar-refractivity contribution >= 4 is 38.5 Å². The summed E-state index contributed by atoms with van der Waals surface area (Å²) >= 11 is 3.45. The Morgan fingerprint density at radius 2 is 1.81 bits per heavy atom. The molecule has 0 N–H and O–H groups in total. The second-order valence-electron chi connectivity index (χ2n) is 7.82. The molecule has 0 fully saturated rings. The Labute approximate surface area is 167 Å². The number of nitrogens with zero attached hydrogens (tertiary/aromatic N) is 2. The molecule has 0 saturated carbocycles. The molecule has 0 bridgehead atoms. The Kier molecular flexibility index (Phi) is 4.22. The number of hydrogen-bond acceptors (Lipinski definition) is 3. The van der Waals surface area contributed by atoms with Crippen molar-refractivity contribution in [2.45, 2.75) is 39.7 Å². The molecule has 1 aliphatic heterocycles. The summed E-state index contributed by atoms with van der Waals surface area (Å²) in [6, 6.07) is 13.9. The average Bonchev–Trinajstić information content (AvgIpc) is 3.13. The van der Waals surface area contributed by atoms with E-state index in [0.717, 1.165) is 21.1 Å². The third kappa shape index (κ3) is 3.32. The molecule has 27 heavy (non-hydrogen) atoms. The maximum atomic E-state index is 13.1. The topological polar surface area (TPSA) is 45.8 Å². The summed E-state index contributed by atoms with van der Waals surface area (Å²) in [4.78, 5) is 13.1. The van der Waals surface area contributed by atoms with Gasteiger partial charge in [-0.25, -0.2) is 5.01 Å². The molecular weight excluding hydrogens is 404 g/mol. The first kappa shape index (κ1) is 18.0. The molecule has 1 amide bonds. The quantitative estimate of drug-likeness (QED) is 0.518. The molecule has 0 radical (unpaired) electrons. The van der Waals surface area contributed by atoms with E-state index >= 15 is 0 Å². The van der Waals surface area contributed by atoms with E-state index in [4.69, 9.17) is 4.42 Å². The highest BCUT2D eigenvalue weighted by atomic mass is 79.9. The van der Waals surface area contributed by atoms with Gasteiger partial charge in [0, 0.05) is 16.3 Å². The highest BCUT2D eigenvalue weighted by Gasteiger charge is 2.40. The fourth-order valence-electron chi connectivity index (χ4n) is 3.62. The monoisotopic (exact) mass is 424 g/mol. The third-order valence-corrected chi connectivity index (χ3v) is 5.32. The Morgan fingerprint density at radius 3 is 2.52 bits per heavy atom. The lowest BCUT2D eigenvalue weighted by molar-refractivity contribution is 0.0581. The van der Waals surface area contributed by atoms with Crippen LogP contribution in [0.25, 0.3) is 11.0 Å². The van der Waals surface area contributed by atoms with Crippen LogP contribution in [-0.2, 0) is 0 Å². The van der Waals surface area contributed by atoms with Gasteiger partial charge >= 0.3 is 5.91 Å². The summed E-state index contributed by atoms with van der Waals surface area (Å²) < 4.78 is 6.74. The van der Waals surface area contributed by atoms with Gasteiger partial charge in [0.1, 0.15) is 5.58 Å². The number of amides is 1. The Balaban J connectivity index is 1.72. The van der Waals surface area contributed by atoms with E-state index in [-0.39, 0.29) is 5.91 Å². The largest absolute Gasteiger partial charge is 0.451 e. The van der Waals surface area contributed by atoms with Crippen molar-refractivity contribution in [1.29, 1.82) is 0 Å². The van der Waals surface area contributed by atoms with Crippen LogP contribution >= 0.6 is 15.9 Å². The Morgan fingerprint density at radius 1 is 1.11 bits per heavy atom. The second kappa shape index (κ2) is 6.34. The fraction of sp³-hybridized carbons (Fsp3) is 0.273. The Bertz CT molecular complexity index is 1070. The highest BCUT2D eigenvalue weighted by Crippen LogP contribution is 2.33. The first-order valence-corrected chi connectivity index (χ1v) is 9.72. The molecule has 0 saturated heterocycles. The summed E-state index contributed by atoms with van der Waals surface area (Å²) in [5, 5.41) is 7.14. The number of aryl methyl sites for hydroxylation is 2. The number of carbonyl (C=O) groups excluding carboxylic acids is 1. The third-order valence-electron chi connectivity index (χ3n) is 4.83. The van der Waals surface area contributed by atoms with Crippen LogP contribution in [0.15, 0.2) is 56.5 Å². The number of carbonyl (C=O) groups is 1. The maximum Gasteiger partial charge on any atom is 0.310 e. The summed E-state index contributed by atoms with van der Waals surface area (Å²) in [5.74, 6) is 0.0910. The molecular formula is C22H21BrN2O2. The molecule has 4 nitrogen and oxygen atoms in total. The van der Waals surface area contributed by atoms with Crippen molar-refractivity contribution in [3.63, 3.8) is 0 Å². The lowest BCUT2D eigenvalue weighted by atomic mass is 9.93. The summed E-state index contributed by atoms with van der Waals surface area (Å²) in [6.45, 7) is 8.21. The van der Waals surface area contributed by atoms with Crippen LogP contribution in [0.3, 0.4) is 0 Å². The fourth-order valence-corrected chi connectivity index (χ4v) is 4.00. The van der Waals surface area contributed by atoms with Gasteiger partial charge in [-0.15, -0.1) is 0 Å². The van der Waals surface area contributed by atoms with Gasteiger partial charge in [-0.1, -0.05) is 45.3 Å². The van der Waals surface area contributed by atoms with Crippen molar-refractivity contribution in [2.75, 3.05) is 0 Å². The van der Waals surface area contributed by atoms with Crippen LogP contribution in [0.2, 0.25) is 0 Å². The van der Waals surface area contributed by atoms with E-state index in [1.165, 1.54) is 11.1 Å². The minimum absolute atomic E-state index is 0.216. The van der Waals surface area contributed by atoms with Crippen molar-refractivity contribution in [1.82, 2.24) is 5.01 Å². The molecule has 0 atom stereocenters. The van der Waals surface area contributed by atoms with Gasteiger partial charge in [-0.2, -0.15) is 5.10 Å². The number of rotatable bonds is 2. The van der Waals surface area contributed by atoms with E-state index in [9.17, 15) is 4.79 Å². The van der Waals surface area contributed by atoms with Crippen LogP contribution in [0.1, 0.15) is 47.5 Å². The maximum absolute atomic E-state index is 13.1. The molecule has 1 aromatic heterocycles. The Hall–Kier alpha value is -2.40. The molecule has 0 aliphatic carbocycles. The molecule has 1 aliphatic rings. The second-order valence-corrected chi connectivity index (χ2v) is 8.74. The number of fused-ring (bicyclic) bond motifs is 1. The van der Waals surface area contributed by atoms with Gasteiger partial charge in [0.15, 0.2) is 5.76 Å². The van der Waals surface area contributed by atoms with E-state index in [2.05, 4.69) is 53.1 Å². The zero-order valence-corrected chi connectivity index (χ0v) is 17.4. The molecule has 2 aromatic carbocycles. The molecule has 3 aromatic rings. The predicted molar refractivity (Wildman–Crippen MR) is 111 cm³/mol. The molecule has 4 rings (SSSR count). The van der Waals surface area contributed by atoms with E-state index in [0.29, 0.717) is 17.8 Å². The van der Waals surface area contributed by atoms with Crippen molar-refractivity contribution < 1.29 is 9.21 Å². The minimum atomic E-state index is -0.413. The zero-order chi connectivity index (χ0) is 19.3.